The second-order valence-corrected chi connectivity index (χ2v) is 4.87. The van der Waals surface area contributed by atoms with Crippen LogP contribution in [0.25, 0.3) is 11.0 Å². The van der Waals surface area contributed by atoms with E-state index in [0.717, 1.165) is 12.7 Å². The van der Waals surface area contributed by atoms with Gasteiger partial charge in [0.1, 0.15) is 5.52 Å². The van der Waals surface area contributed by atoms with Gasteiger partial charge in [-0.2, -0.15) is 0 Å². The first kappa shape index (κ1) is 12.3. The quantitative estimate of drug-likeness (QED) is 0.846. The van der Waals surface area contributed by atoms with Gasteiger partial charge in [0.25, 0.3) is 0 Å². The molecule has 0 bridgehead atoms. The van der Waals surface area contributed by atoms with Crippen molar-refractivity contribution in [2.75, 3.05) is 18.9 Å². The van der Waals surface area contributed by atoms with E-state index in [4.69, 9.17) is 10.5 Å². The third-order valence-electron chi connectivity index (χ3n) is 3.34. The van der Waals surface area contributed by atoms with Crippen LogP contribution in [0.2, 0.25) is 0 Å². The highest BCUT2D eigenvalue weighted by Gasteiger charge is 2.21. The summed E-state index contributed by atoms with van der Waals surface area (Å²) in [6, 6.07) is 2.48. The van der Waals surface area contributed by atoms with Crippen LogP contribution in [0.5, 0.6) is 0 Å². The van der Waals surface area contributed by atoms with Gasteiger partial charge in [0.15, 0.2) is 11.6 Å². The van der Waals surface area contributed by atoms with Gasteiger partial charge < -0.3 is 15.0 Å². The first-order valence-electron chi connectivity index (χ1n) is 6.34. The second kappa shape index (κ2) is 4.77. The molecule has 1 heterocycles. The van der Waals surface area contributed by atoms with E-state index < -0.39 is 11.6 Å². The lowest BCUT2D eigenvalue weighted by molar-refractivity contribution is 0.118. The summed E-state index contributed by atoms with van der Waals surface area (Å²) >= 11 is 0. The van der Waals surface area contributed by atoms with E-state index in [0.29, 0.717) is 24.6 Å². The highest BCUT2D eigenvalue weighted by atomic mass is 19.2. The fourth-order valence-corrected chi connectivity index (χ4v) is 2.09. The molecule has 0 spiro atoms. The van der Waals surface area contributed by atoms with Gasteiger partial charge in [-0.25, -0.2) is 13.8 Å². The molecule has 0 saturated heterocycles. The number of fused-ring (bicyclic) bond motifs is 1. The molecule has 19 heavy (non-hydrogen) atoms. The SMILES string of the molecule is Nc1nc2ccc(F)c(F)c2n1CCOCC1CC1. The minimum Gasteiger partial charge on any atom is -0.379 e. The monoisotopic (exact) mass is 267 g/mol. The number of nitrogens with two attached hydrogens (primary N) is 1. The van der Waals surface area contributed by atoms with Gasteiger partial charge >= 0.3 is 0 Å². The first-order chi connectivity index (χ1) is 9.16. The van der Waals surface area contributed by atoms with Gasteiger partial charge in [0.05, 0.1) is 12.1 Å². The van der Waals surface area contributed by atoms with E-state index in [1.165, 1.54) is 23.5 Å². The number of ether oxygens (including phenoxy) is 1. The smallest absolute Gasteiger partial charge is 0.201 e. The van der Waals surface area contributed by atoms with E-state index in [1.807, 2.05) is 0 Å². The van der Waals surface area contributed by atoms with Crippen molar-refractivity contribution in [3.8, 4) is 0 Å². The summed E-state index contributed by atoms with van der Waals surface area (Å²) in [6.07, 6.45) is 2.44. The molecule has 0 radical (unpaired) electrons. The molecule has 1 aromatic carbocycles. The van der Waals surface area contributed by atoms with Gasteiger partial charge in [-0.05, 0) is 30.9 Å². The topological polar surface area (TPSA) is 53.1 Å². The fraction of sp³-hybridized carbons (Fsp3) is 0.462. The van der Waals surface area contributed by atoms with Crippen LogP contribution < -0.4 is 5.73 Å². The lowest BCUT2D eigenvalue weighted by Crippen LogP contribution is -2.11. The molecule has 6 heteroatoms. The Kier molecular flexibility index (Phi) is 3.10. The van der Waals surface area contributed by atoms with Crippen LogP contribution >= 0.6 is 0 Å². The van der Waals surface area contributed by atoms with Crippen LogP contribution in [0.1, 0.15) is 12.8 Å². The number of aromatic nitrogens is 2. The summed E-state index contributed by atoms with van der Waals surface area (Å²) in [4.78, 5) is 4.02. The predicted molar refractivity (Wildman–Crippen MR) is 67.6 cm³/mol. The molecule has 1 aromatic heterocycles. The number of benzene rings is 1. The molecular weight excluding hydrogens is 252 g/mol. The van der Waals surface area contributed by atoms with Crippen LogP contribution in [-0.4, -0.2) is 22.8 Å². The van der Waals surface area contributed by atoms with Crippen molar-refractivity contribution in [2.24, 2.45) is 5.92 Å². The Morgan fingerprint density at radius 2 is 2.16 bits per heavy atom. The number of hydrogen-bond donors (Lipinski definition) is 1. The van der Waals surface area contributed by atoms with E-state index in [1.54, 1.807) is 0 Å². The lowest BCUT2D eigenvalue weighted by Gasteiger charge is -2.08. The van der Waals surface area contributed by atoms with Crippen molar-refractivity contribution in [3.05, 3.63) is 23.8 Å². The molecule has 3 rings (SSSR count). The summed E-state index contributed by atoms with van der Waals surface area (Å²) < 4.78 is 34.0. The molecule has 0 aliphatic heterocycles. The molecule has 0 unspecified atom stereocenters. The Hall–Kier alpha value is -1.69. The first-order valence-corrected chi connectivity index (χ1v) is 6.34. The molecule has 102 valence electrons. The Bertz CT molecular complexity index is 607. The van der Waals surface area contributed by atoms with Crippen molar-refractivity contribution in [3.63, 3.8) is 0 Å². The largest absolute Gasteiger partial charge is 0.379 e. The Balaban J connectivity index is 1.80. The zero-order valence-electron chi connectivity index (χ0n) is 10.4. The highest BCUT2D eigenvalue weighted by molar-refractivity contribution is 5.79. The number of nitrogens with zero attached hydrogens (tertiary/aromatic N) is 2. The molecule has 2 aromatic rings. The number of imidazole rings is 1. The van der Waals surface area contributed by atoms with E-state index in [-0.39, 0.29) is 11.5 Å². The van der Waals surface area contributed by atoms with Gasteiger partial charge in [-0.1, -0.05) is 0 Å². The van der Waals surface area contributed by atoms with Crippen LogP contribution in [-0.2, 0) is 11.3 Å². The van der Waals surface area contributed by atoms with Crippen molar-refractivity contribution in [1.29, 1.82) is 0 Å². The summed E-state index contributed by atoms with van der Waals surface area (Å²) in [5.74, 6) is -0.961. The molecule has 0 atom stereocenters. The minimum absolute atomic E-state index is 0.104. The zero-order chi connectivity index (χ0) is 13.4. The van der Waals surface area contributed by atoms with Gasteiger partial charge in [-0.15, -0.1) is 0 Å². The third-order valence-corrected chi connectivity index (χ3v) is 3.34. The third kappa shape index (κ3) is 2.40. The molecule has 2 N–H and O–H groups in total. The van der Waals surface area contributed by atoms with Crippen molar-refractivity contribution < 1.29 is 13.5 Å². The predicted octanol–water partition coefficient (Wildman–Crippen LogP) is 2.32. The second-order valence-electron chi connectivity index (χ2n) is 4.87. The Labute approximate surface area is 109 Å². The number of halogens is 2. The van der Waals surface area contributed by atoms with E-state index in [2.05, 4.69) is 4.98 Å². The lowest BCUT2D eigenvalue weighted by atomic mass is 10.3. The maximum atomic E-state index is 13.8. The summed E-state index contributed by atoms with van der Waals surface area (Å²) in [7, 11) is 0. The molecule has 1 aliphatic carbocycles. The molecule has 1 fully saturated rings. The number of rotatable bonds is 5. The summed E-state index contributed by atoms with van der Waals surface area (Å²) in [6.45, 7) is 1.51. The molecule has 1 saturated carbocycles. The fourth-order valence-electron chi connectivity index (χ4n) is 2.09. The van der Waals surface area contributed by atoms with Gasteiger partial charge in [-0.3, -0.25) is 0 Å². The van der Waals surface area contributed by atoms with Crippen LogP contribution in [0.4, 0.5) is 14.7 Å². The highest BCUT2D eigenvalue weighted by Crippen LogP contribution is 2.29. The number of anilines is 1. The molecule has 1 aliphatic rings. The summed E-state index contributed by atoms with van der Waals surface area (Å²) in [5, 5.41) is 0. The molecule has 4 nitrogen and oxygen atoms in total. The van der Waals surface area contributed by atoms with Crippen molar-refractivity contribution in [1.82, 2.24) is 9.55 Å². The average Bonchev–Trinajstić information content (AvgIpc) is 3.15. The zero-order valence-corrected chi connectivity index (χ0v) is 10.4. The van der Waals surface area contributed by atoms with Gasteiger partial charge in [0, 0.05) is 13.2 Å². The van der Waals surface area contributed by atoms with Crippen LogP contribution in [0.3, 0.4) is 0 Å². The average molecular weight is 267 g/mol. The van der Waals surface area contributed by atoms with Crippen molar-refractivity contribution in [2.45, 2.75) is 19.4 Å². The van der Waals surface area contributed by atoms with Crippen molar-refractivity contribution >= 4 is 17.0 Å². The molecule has 0 amide bonds. The van der Waals surface area contributed by atoms with Gasteiger partial charge in [0.2, 0.25) is 5.95 Å². The maximum absolute atomic E-state index is 13.8. The van der Waals surface area contributed by atoms with Crippen LogP contribution in [0, 0.1) is 17.6 Å². The van der Waals surface area contributed by atoms with Crippen LogP contribution in [0.15, 0.2) is 12.1 Å². The van der Waals surface area contributed by atoms with E-state index in [9.17, 15) is 8.78 Å². The Morgan fingerprint density at radius 3 is 2.89 bits per heavy atom. The van der Waals surface area contributed by atoms with E-state index >= 15 is 0 Å². The normalized spacial score (nSPS) is 15.3. The minimum atomic E-state index is -0.913. The standard InChI is InChI=1S/C13H15F2N3O/c14-9-3-4-10-12(11(9)15)18(13(16)17-10)5-6-19-7-8-1-2-8/h3-4,8H,1-2,5-7H2,(H2,16,17). The number of nitrogen functional groups attached to an aromatic ring is 1. The molecular formula is C13H15F2N3O. The maximum Gasteiger partial charge on any atom is 0.201 e. The Morgan fingerprint density at radius 1 is 1.37 bits per heavy atom. The number of hydrogen-bond acceptors (Lipinski definition) is 3. The summed E-state index contributed by atoms with van der Waals surface area (Å²) in [5.41, 5.74) is 6.20.